The zero-order valence-electron chi connectivity index (χ0n) is 67.8. The van der Waals surface area contributed by atoms with Gasteiger partial charge in [-0.2, -0.15) is 0 Å². The van der Waals surface area contributed by atoms with Gasteiger partial charge in [0.05, 0.1) is 67.4 Å². The second-order valence-electron chi connectivity index (χ2n) is 26.0. The molecule has 11 aromatic rings. The van der Waals surface area contributed by atoms with E-state index in [0.29, 0.717) is 55.0 Å². The number of rotatable bonds is 35. The number of esters is 2. The molecule has 0 aliphatic rings. The highest BCUT2D eigenvalue weighted by Crippen LogP contribution is 2.39. The van der Waals surface area contributed by atoms with Crippen LogP contribution in [-0.4, -0.2) is 99.7 Å². The van der Waals surface area contributed by atoms with E-state index in [9.17, 15) is 26.4 Å². The lowest BCUT2D eigenvalue weighted by atomic mass is 10.0. The van der Waals surface area contributed by atoms with Crippen LogP contribution in [-0.2, 0) is 58.2 Å². The molecule has 30 heteroatoms. The minimum Gasteiger partial charge on any atom is -0.465 e. The largest absolute Gasteiger partial charge is 0.465 e. The summed E-state index contributed by atoms with van der Waals surface area (Å²) in [6, 6.07) is 59.9. The molecule has 4 N–H and O–H groups in total. The fraction of sp³-hybridized carbons (Fsp3) is 0.330. The van der Waals surface area contributed by atoms with Crippen LogP contribution in [0.3, 0.4) is 0 Å². The number of hydrogen-bond acceptors (Lipinski definition) is 23. The summed E-state index contributed by atoms with van der Waals surface area (Å²) in [4.78, 5) is 44.9. The number of sulfone groups is 2. The van der Waals surface area contributed by atoms with Gasteiger partial charge < -0.3 is 20.9 Å². The Morgan fingerprint density at radius 3 is 1.25 bits per heavy atom. The van der Waals surface area contributed by atoms with Crippen LogP contribution < -0.4 is 11.5 Å². The molecule has 0 amide bonds. The number of ether oxygens (including phenoxy) is 2. The number of thiazole rings is 3. The van der Waals surface area contributed by atoms with E-state index >= 15 is 0 Å². The lowest BCUT2D eigenvalue weighted by molar-refractivity contribution is -0.145. The molecule has 636 valence electrons. The first kappa shape index (κ1) is 105. The first-order chi connectivity index (χ1) is 56.3. The molecule has 8 aromatic carbocycles. The van der Waals surface area contributed by atoms with Crippen molar-refractivity contribution < 1.29 is 35.9 Å². The van der Waals surface area contributed by atoms with E-state index in [0.717, 1.165) is 89.0 Å². The van der Waals surface area contributed by atoms with Gasteiger partial charge in [0.15, 0.2) is 9.84 Å². The van der Waals surface area contributed by atoms with Crippen molar-refractivity contribution in [1.82, 2.24) is 15.0 Å². The quantitative estimate of drug-likeness (QED) is 0.0279. The molecule has 118 heavy (non-hydrogen) atoms. The third-order valence-electron chi connectivity index (χ3n) is 17.2. The number of hydrogen-bond donors (Lipinski definition) is 2. The van der Waals surface area contributed by atoms with Gasteiger partial charge in [-0.15, -0.1) is 117 Å². The zero-order chi connectivity index (χ0) is 85.1. The standard InChI is InChI=1S/C24H32O2S2.C18H27BrO2S2.C17H16N2O4S3.C17H16N2S3.C7H6Br2S.C5H6BrNS.ClH/c1-4-6-10-19(5-2)18-26-24(25)13-14-28-23-16-21(15-22(17-23)27-3)20-11-8-7-9-12-20;1-4-6-7-14(5-2)13-21-18(20)8-9-23-17-11-15(19)10-16(12-17)22-3;1-25(20,21)14-7-13(12-5-3-2-4-6-12)8-15(9-14)26(22,23)17-11-19-16(10-18)24-17;1-20-14-7-13(12-5-3-2-4-6-12)8-15(9-14)21-17-11-19-16(10-18)22-17;1-10-7-3-5(8)2-6(9)4-7;1-2-5-7-3-4(6)8-5;/h7-9,11-12,15-17,19H,4-6,10,13-14,18H2,1-3H3;10-12,14H,4-9,13H2,1-3H3;2-9,11H,10,18H2,1H3;2-9,11H,10,18H2,1H3;2-4H,1H3;3H,2H2,1H3;1H. The second kappa shape index (κ2) is 57.6. The van der Waals surface area contributed by atoms with Gasteiger partial charge in [0.25, 0.3) is 0 Å². The van der Waals surface area contributed by atoms with Gasteiger partial charge in [-0.1, -0.05) is 224 Å². The number of unbranched alkanes of at least 4 members (excludes halogenated alkanes) is 2. The SMILES string of the molecule is CCCCC(CC)COC(=O)CCSc1cc(Br)cc(SC)c1.CCCCC(CC)COC(=O)CCSc1cc(SC)cc(-c2ccccc2)c1.CCc1ncc(Br)s1.CS(=O)(=O)c1cc(-c2ccccc2)cc(S(=O)(=O)c2cnc(CN)s2)c1.CSc1cc(Br)cc(Br)c1.CSc1cc(Sc2cnc(CN)s2)cc(-c2ccccc2)c1.Cl. The van der Waals surface area contributed by atoms with Crippen LogP contribution in [0.5, 0.6) is 0 Å². The lowest BCUT2D eigenvalue weighted by Crippen LogP contribution is -2.14. The van der Waals surface area contributed by atoms with Gasteiger partial charge in [-0.3, -0.25) is 9.59 Å². The summed E-state index contributed by atoms with van der Waals surface area (Å²) in [5, 5.41) is 2.66. The molecule has 3 aromatic heterocycles. The average molecular weight is 2100 g/mol. The van der Waals surface area contributed by atoms with E-state index in [4.69, 9.17) is 20.9 Å². The van der Waals surface area contributed by atoms with Crippen LogP contribution in [0.25, 0.3) is 33.4 Å². The Morgan fingerprint density at radius 2 is 0.839 bits per heavy atom. The molecule has 0 bridgehead atoms. The van der Waals surface area contributed by atoms with Crippen LogP contribution in [0.15, 0.2) is 270 Å². The molecule has 0 saturated heterocycles. The van der Waals surface area contributed by atoms with E-state index in [2.05, 4.69) is 254 Å². The highest BCUT2D eigenvalue weighted by molar-refractivity contribution is 9.11. The van der Waals surface area contributed by atoms with Crippen LogP contribution in [0.4, 0.5) is 0 Å². The van der Waals surface area contributed by atoms with Crippen molar-refractivity contribution in [2.45, 2.75) is 171 Å². The Kier molecular flexibility index (Phi) is 51.0. The molecule has 0 aliphatic carbocycles. The molecule has 13 nitrogen and oxygen atoms in total. The molecule has 2 unspecified atom stereocenters. The first-order valence-electron chi connectivity index (χ1n) is 37.9. The van der Waals surface area contributed by atoms with Crippen molar-refractivity contribution in [3.05, 3.63) is 233 Å². The summed E-state index contributed by atoms with van der Waals surface area (Å²) in [6.45, 7) is 12.6. The van der Waals surface area contributed by atoms with E-state index < -0.39 is 19.7 Å². The Labute approximate surface area is 782 Å². The van der Waals surface area contributed by atoms with Crippen molar-refractivity contribution in [2.24, 2.45) is 23.3 Å². The Hall–Kier alpha value is -3.93. The average Bonchev–Trinajstić information content (AvgIpc) is 1.37. The summed E-state index contributed by atoms with van der Waals surface area (Å²) in [5.41, 5.74) is 17.3. The van der Waals surface area contributed by atoms with Crippen molar-refractivity contribution in [3.8, 4) is 33.4 Å². The van der Waals surface area contributed by atoms with E-state index in [1.807, 2.05) is 36.7 Å². The van der Waals surface area contributed by atoms with Gasteiger partial charge in [0, 0.05) is 78.5 Å². The molecule has 0 saturated carbocycles. The smallest absolute Gasteiger partial charge is 0.306 e. The van der Waals surface area contributed by atoms with Crippen molar-refractivity contribution in [1.29, 1.82) is 0 Å². The number of thioether (sulfide) groups is 6. The summed E-state index contributed by atoms with van der Waals surface area (Å²) in [6.07, 6.45) is 25.6. The number of halogens is 5. The summed E-state index contributed by atoms with van der Waals surface area (Å²) in [5.74, 6) is 2.37. The van der Waals surface area contributed by atoms with Gasteiger partial charge in [-0.05, 0) is 196 Å². The number of carbonyl (C=O) groups excluding carboxylic acids is 2. The Bertz CT molecular complexity index is 5020. The van der Waals surface area contributed by atoms with Crippen LogP contribution in [0.2, 0.25) is 0 Å². The maximum absolute atomic E-state index is 13.0. The Morgan fingerprint density at radius 1 is 0.449 bits per heavy atom. The molecule has 3 heterocycles. The van der Waals surface area contributed by atoms with E-state index in [1.54, 1.807) is 129 Å². The first-order valence-corrected chi connectivity index (χ1v) is 54.6. The van der Waals surface area contributed by atoms with Gasteiger partial charge in [-0.25, -0.2) is 31.8 Å². The normalized spacial score (nSPS) is 11.4. The number of carbonyl (C=O) groups is 2. The fourth-order valence-electron chi connectivity index (χ4n) is 10.7. The number of aryl methyl sites for hydroxylation is 1. The third-order valence-corrected chi connectivity index (χ3v) is 31.4. The number of benzene rings is 8. The summed E-state index contributed by atoms with van der Waals surface area (Å²) >= 11 is 30.2. The molecular formula is C88H104Br4ClN5O8S12. The number of aromatic nitrogens is 3. The maximum atomic E-state index is 13.0. The van der Waals surface area contributed by atoms with Crippen LogP contribution >= 0.6 is 192 Å². The van der Waals surface area contributed by atoms with Crippen molar-refractivity contribution >= 4 is 224 Å². The van der Waals surface area contributed by atoms with Crippen LogP contribution in [0.1, 0.15) is 114 Å². The van der Waals surface area contributed by atoms with Crippen molar-refractivity contribution in [3.63, 3.8) is 0 Å². The number of nitrogens with two attached hydrogens (primary N) is 2. The predicted molar refractivity (Wildman–Crippen MR) is 527 cm³/mol. The zero-order valence-corrected chi connectivity index (χ0v) is 84.8. The molecule has 0 aliphatic heterocycles. The third kappa shape index (κ3) is 38.7. The van der Waals surface area contributed by atoms with E-state index in [-0.39, 0.29) is 44.9 Å². The van der Waals surface area contributed by atoms with Gasteiger partial charge in [0.2, 0.25) is 9.84 Å². The summed E-state index contributed by atoms with van der Waals surface area (Å²) in [7, 11) is -7.50. The lowest BCUT2D eigenvalue weighted by Gasteiger charge is -2.14. The molecule has 0 spiro atoms. The minimum absolute atomic E-state index is 0. The molecule has 2 atom stereocenters. The summed E-state index contributed by atoms with van der Waals surface area (Å²) < 4.78 is 66.6. The molecular weight excluding hydrogens is 1990 g/mol. The van der Waals surface area contributed by atoms with Crippen LogP contribution in [0, 0.1) is 11.8 Å². The molecule has 0 radical (unpaired) electrons. The predicted octanol–water partition coefficient (Wildman–Crippen LogP) is 28.2. The second-order valence-corrected chi connectivity index (χ2v) is 44.9. The monoisotopic (exact) mass is 2090 g/mol. The molecule has 11 rings (SSSR count). The van der Waals surface area contributed by atoms with Gasteiger partial charge in [0.1, 0.15) is 14.2 Å². The maximum Gasteiger partial charge on any atom is 0.306 e. The fourth-order valence-corrected chi connectivity index (χ4v) is 23.7. The highest BCUT2D eigenvalue weighted by Gasteiger charge is 2.25. The minimum atomic E-state index is -3.91. The van der Waals surface area contributed by atoms with Gasteiger partial charge >= 0.3 is 11.9 Å². The Balaban J connectivity index is 0.000000261. The van der Waals surface area contributed by atoms with E-state index in [1.165, 1.54) is 116 Å². The topological polar surface area (TPSA) is 212 Å². The number of nitrogens with zero attached hydrogens (tertiary/aromatic N) is 3. The molecule has 0 fully saturated rings. The van der Waals surface area contributed by atoms with Crippen molar-refractivity contribution in [2.75, 3.05) is 56.0 Å². The highest BCUT2D eigenvalue weighted by atomic mass is 79.9.